The lowest BCUT2D eigenvalue weighted by molar-refractivity contribution is -0.0584. The lowest BCUT2D eigenvalue weighted by atomic mass is 10.2. The van der Waals surface area contributed by atoms with Gasteiger partial charge >= 0.3 is 0 Å². The molecule has 0 aromatic heterocycles. The predicted molar refractivity (Wildman–Crippen MR) is 59.1 cm³/mol. The van der Waals surface area contributed by atoms with Crippen molar-refractivity contribution in [2.24, 2.45) is 5.73 Å². The van der Waals surface area contributed by atoms with E-state index < -0.39 is 6.29 Å². The minimum atomic E-state index is -0.454. The largest absolute Gasteiger partial charge is 0.346 e. The minimum absolute atomic E-state index is 0.0648. The standard InChI is InChI=1S/C10H11Cl2NO2/c11-6-1-2-9(12)8(3-6)10-14-5-7(4-13)15-10/h1-3,7,10H,4-5,13H2. The zero-order valence-electron chi connectivity index (χ0n) is 7.95. The van der Waals surface area contributed by atoms with Crippen molar-refractivity contribution in [3.63, 3.8) is 0 Å². The lowest BCUT2D eigenvalue weighted by Crippen LogP contribution is -2.21. The van der Waals surface area contributed by atoms with E-state index in [0.717, 1.165) is 5.56 Å². The van der Waals surface area contributed by atoms with Gasteiger partial charge in [-0.2, -0.15) is 0 Å². The summed E-state index contributed by atoms with van der Waals surface area (Å²) in [5, 5.41) is 1.19. The van der Waals surface area contributed by atoms with Gasteiger partial charge in [-0.25, -0.2) is 0 Å². The average Bonchev–Trinajstić information content (AvgIpc) is 2.70. The second-order valence-electron chi connectivity index (χ2n) is 3.32. The quantitative estimate of drug-likeness (QED) is 0.873. The van der Waals surface area contributed by atoms with Gasteiger partial charge in [0, 0.05) is 22.2 Å². The molecule has 1 saturated heterocycles. The first-order valence-corrected chi connectivity index (χ1v) is 5.38. The van der Waals surface area contributed by atoms with Gasteiger partial charge in [0.05, 0.1) is 12.7 Å². The smallest absolute Gasteiger partial charge is 0.185 e. The maximum atomic E-state index is 6.02. The Morgan fingerprint density at radius 1 is 1.40 bits per heavy atom. The Morgan fingerprint density at radius 3 is 2.87 bits per heavy atom. The highest BCUT2D eigenvalue weighted by atomic mass is 35.5. The molecule has 1 fully saturated rings. The fourth-order valence-electron chi connectivity index (χ4n) is 1.43. The van der Waals surface area contributed by atoms with Gasteiger partial charge in [0.1, 0.15) is 0 Å². The number of nitrogens with two attached hydrogens (primary N) is 1. The second-order valence-corrected chi connectivity index (χ2v) is 4.17. The molecule has 0 saturated carbocycles. The number of rotatable bonds is 2. The Labute approximate surface area is 98.1 Å². The molecule has 1 aromatic rings. The maximum Gasteiger partial charge on any atom is 0.185 e. The third kappa shape index (κ3) is 2.44. The van der Waals surface area contributed by atoms with Crippen LogP contribution in [0.3, 0.4) is 0 Å². The Kier molecular flexibility index (Phi) is 3.49. The van der Waals surface area contributed by atoms with E-state index in [2.05, 4.69) is 0 Å². The summed E-state index contributed by atoms with van der Waals surface area (Å²) in [6, 6.07) is 5.19. The van der Waals surface area contributed by atoms with Crippen molar-refractivity contribution in [3.8, 4) is 0 Å². The normalized spacial score (nSPS) is 25.8. The van der Waals surface area contributed by atoms with Crippen LogP contribution in [0.2, 0.25) is 10.0 Å². The van der Waals surface area contributed by atoms with Crippen LogP contribution >= 0.6 is 23.2 Å². The molecule has 0 spiro atoms. The molecule has 5 heteroatoms. The predicted octanol–water partition coefficient (Wildman–Crippen LogP) is 2.37. The topological polar surface area (TPSA) is 44.5 Å². The average molecular weight is 248 g/mol. The van der Waals surface area contributed by atoms with Crippen molar-refractivity contribution in [1.82, 2.24) is 0 Å². The first kappa shape index (κ1) is 11.2. The number of hydrogen-bond acceptors (Lipinski definition) is 3. The molecule has 3 nitrogen and oxygen atoms in total. The highest BCUT2D eigenvalue weighted by Crippen LogP contribution is 2.33. The summed E-state index contributed by atoms with van der Waals surface area (Å²) in [6.45, 7) is 0.929. The SMILES string of the molecule is NCC1COC(c2cc(Cl)ccc2Cl)O1. The first-order chi connectivity index (χ1) is 7.20. The van der Waals surface area contributed by atoms with Crippen LogP contribution in [0, 0.1) is 0 Å². The Balaban J connectivity index is 2.19. The van der Waals surface area contributed by atoms with Crippen LogP contribution in [0.15, 0.2) is 18.2 Å². The zero-order valence-corrected chi connectivity index (χ0v) is 9.46. The third-order valence-corrected chi connectivity index (χ3v) is 2.80. The third-order valence-electron chi connectivity index (χ3n) is 2.22. The summed E-state index contributed by atoms with van der Waals surface area (Å²) >= 11 is 11.9. The van der Waals surface area contributed by atoms with Gasteiger partial charge in [0.15, 0.2) is 6.29 Å². The Morgan fingerprint density at radius 2 is 2.20 bits per heavy atom. The summed E-state index contributed by atoms with van der Waals surface area (Å²) < 4.78 is 11.0. The molecule has 2 rings (SSSR count). The lowest BCUT2D eigenvalue weighted by Gasteiger charge is -2.12. The summed E-state index contributed by atoms with van der Waals surface area (Å²) in [5.74, 6) is 0. The second kappa shape index (κ2) is 4.68. The Hall–Kier alpha value is -0.320. The molecule has 0 aliphatic carbocycles. The van der Waals surface area contributed by atoms with E-state index in [4.69, 9.17) is 38.4 Å². The molecule has 2 atom stereocenters. The van der Waals surface area contributed by atoms with E-state index in [1.807, 2.05) is 0 Å². The summed E-state index contributed by atoms with van der Waals surface area (Å²) in [6.07, 6.45) is -0.519. The van der Waals surface area contributed by atoms with Crippen molar-refractivity contribution in [2.75, 3.05) is 13.2 Å². The van der Waals surface area contributed by atoms with Crippen LogP contribution in [0.4, 0.5) is 0 Å². The minimum Gasteiger partial charge on any atom is -0.346 e. The van der Waals surface area contributed by atoms with E-state index in [0.29, 0.717) is 23.2 Å². The van der Waals surface area contributed by atoms with E-state index in [-0.39, 0.29) is 6.10 Å². The molecule has 0 amide bonds. The molecule has 1 aliphatic heterocycles. The van der Waals surface area contributed by atoms with Crippen LogP contribution < -0.4 is 5.73 Å². The maximum absolute atomic E-state index is 6.02. The fourth-order valence-corrected chi connectivity index (χ4v) is 1.82. The van der Waals surface area contributed by atoms with Crippen LogP contribution in [0.5, 0.6) is 0 Å². The van der Waals surface area contributed by atoms with Crippen molar-refractivity contribution >= 4 is 23.2 Å². The molecule has 2 N–H and O–H groups in total. The van der Waals surface area contributed by atoms with Crippen molar-refractivity contribution < 1.29 is 9.47 Å². The van der Waals surface area contributed by atoms with E-state index >= 15 is 0 Å². The number of benzene rings is 1. The van der Waals surface area contributed by atoms with Gasteiger partial charge in [-0.15, -0.1) is 0 Å². The van der Waals surface area contributed by atoms with Gasteiger partial charge in [0.25, 0.3) is 0 Å². The van der Waals surface area contributed by atoms with Gasteiger partial charge in [-0.05, 0) is 18.2 Å². The molecule has 0 radical (unpaired) electrons. The van der Waals surface area contributed by atoms with Crippen molar-refractivity contribution in [1.29, 1.82) is 0 Å². The molecule has 1 aromatic carbocycles. The molecule has 1 heterocycles. The monoisotopic (exact) mass is 247 g/mol. The van der Waals surface area contributed by atoms with Crippen molar-refractivity contribution in [3.05, 3.63) is 33.8 Å². The van der Waals surface area contributed by atoms with Gasteiger partial charge in [-0.3, -0.25) is 0 Å². The highest BCUT2D eigenvalue weighted by molar-refractivity contribution is 6.33. The summed E-state index contributed by atoms with van der Waals surface area (Å²) in [4.78, 5) is 0. The van der Waals surface area contributed by atoms with Gasteiger partial charge in [0.2, 0.25) is 0 Å². The number of hydrogen-bond donors (Lipinski definition) is 1. The van der Waals surface area contributed by atoms with Crippen LogP contribution in [-0.4, -0.2) is 19.3 Å². The molecule has 0 bridgehead atoms. The summed E-state index contributed by atoms with van der Waals surface area (Å²) in [7, 11) is 0. The molecular weight excluding hydrogens is 237 g/mol. The molecule has 15 heavy (non-hydrogen) atoms. The molecule has 2 unspecified atom stereocenters. The van der Waals surface area contributed by atoms with Crippen LogP contribution in [0.1, 0.15) is 11.9 Å². The number of ether oxygens (including phenoxy) is 2. The van der Waals surface area contributed by atoms with E-state index in [1.54, 1.807) is 18.2 Å². The number of halogens is 2. The molecular formula is C10H11Cl2NO2. The van der Waals surface area contributed by atoms with Crippen LogP contribution in [-0.2, 0) is 9.47 Å². The summed E-state index contributed by atoms with van der Waals surface area (Å²) in [5.41, 5.74) is 6.23. The molecule has 1 aliphatic rings. The van der Waals surface area contributed by atoms with E-state index in [9.17, 15) is 0 Å². The first-order valence-electron chi connectivity index (χ1n) is 4.63. The highest BCUT2D eigenvalue weighted by Gasteiger charge is 2.27. The zero-order chi connectivity index (χ0) is 10.8. The van der Waals surface area contributed by atoms with E-state index in [1.165, 1.54) is 0 Å². The Bertz CT molecular complexity index is 359. The van der Waals surface area contributed by atoms with Gasteiger partial charge in [-0.1, -0.05) is 23.2 Å². The molecule has 82 valence electrons. The van der Waals surface area contributed by atoms with Crippen molar-refractivity contribution in [2.45, 2.75) is 12.4 Å². The van der Waals surface area contributed by atoms with Gasteiger partial charge < -0.3 is 15.2 Å². The van der Waals surface area contributed by atoms with Crippen LogP contribution in [0.25, 0.3) is 0 Å². The fraction of sp³-hybridized carbons (Fsp3) is 0.400.